The summed E-state index contributed by atoms with van der Waals surface area (Å²) in [5.74, 6) is -1.01. The predicted octanol–water partition coefficient (Wildman–Crippen LogP) is -1.18. The lowest BCUT2D eigenvalue weighted by molar-refractivity contribution is -0.143. The topological polar surface area (TPSA) is 116 Å². The molecule has 1 unspecified atom stereocenters. The van der Waals surface area contributed by atoms with E-state index in [0.29, 0.717) is 6.61 Å². The van der Waals surface area contributed by atoms with Crippen LogP contribution in [0, 0.1) is 0 Å². The Hall–Kier alpha value is -1.15. The Kier molecular flexibility index (Phi) is 7.53. The van der Waals surface area contributed by atoms with Gasteiger partial charge in [-0.3, -0.25) is 9.59 Å². The summed E-state index contributed by atoms with van der Waals surface area (Å²) in [6, 6.07) is -0.887. The Labute approximate surface area is 107 Å². The van der Waals surface area contributed by atoms with Gasteiger partial charge >= 0.3 is 5.97 Å². The fourth-order valence-corrected chi connectivity index (χ4v) is 1.81. The molecule has 0 aliphatic rings. The quantitative estimate of drug-likeness (QED) is 0.541. The van der Waals surface area contributed by atoms with Gasteiger partial charge in [0.05, 0.1) is 24.8 Å². The minimum absolute atomic E-state index is 0.0596. The van der Waals surface area contributed by atoms with E-state index in [0.717, 1.165) is 6.26 Å². The third kappa shape index (κ3) is 8.94. The van der Waals surface area contributed by atoms with Gasteiger partial charge in [0, 0.05) is 12.8 Å². The highest BCUT2D eigenvalue weighted by atomic mass is 32.2. The maximum atomic E-state index is 11.4. The van der Waals surface area contributed by atoms with E-state index in [-0.39, 0.29) is 25.1 Å². The first-order valence-corrected chi connectivity index (χ1v) is 7.69. The summed E-state index contributed by atoms with van der Waals surface area (Å²) in [6.07, 6.45) is 1.21. The van der Waals surface area contributed by atoms with Crippen LogP contribution in [0.15, 0.2) is 0 Å². The summed E-state index contributed by atoms with van der Waals surface area (Å²) in [7, 11) is -3.13. The van der Waals surface area contributed by atoms with Crippen molar-refractivity contribution in [1.29, 1.82) is 0 Å². The van der Waals surface area contributed by atoms with E-state index in [1.807, 2.05) is 0 Å². The first-order valence-electron chi connectivity index (χ1n) is 5.63. The highest BCUT2D eigenvalue weighted by molar-refractivity contribution is 7.90. The number of hydrogen-bond acceptors (Lipinski definition) is 6. The lowest BCUT2D eigenvalue weighted by Crippen LogP contribution is -2.42. The fourth-order valence-electron chi connectivity index (χ4n) is 1.12. The molecular formula is C10H20N2O5S. The minimum atomic E-state index is -3.13. The fraction of sp³-hybridized carbons (Fsp3) is 0.800. The Balaban J connectivity index is 3.85. The van der Waals surface area contributed by atoms with Crippen molar-refractivity contribution in [2.75, 3.05) is 25.2 Å². The molecule has 1 amide bonds. The molecule has 0 spiro atoms. The summed E-state index contributed by atoms with van der Waals surface area (Å²) in [6.45, 7) is 2.11. The summed E-state index contributed by atoms with van der Waals surface area (Å²) >= 11 is 0. The number of esters is 1. The van der Waals surface area contributed by atoms with Gasteiger partial charge in [0.15, 0.2) is 0 Å². The van der Waals surface area contributed by atoms with Gasteiger partial charge in [0.25, 0.3) is 0 Å². The van der Waals surface area contributed by atoms with Crippen LogP contribution in [0.4, 0.5) is 0 Å². The third-order valence-corrected chi connectivity index (χ3v) is 3.05. The Morgan fingerprint density at radius 3 is 2.50 bits per heavy atom. The Morgan fingerprint density at radius 1 is 1.39 bits per heavy atom. The smallest absolute Gasteiger partial charge is 0.307 e. The molecule has 0 aliphatic heterocycles. The van der Waals surface area contributed by atoms with Crippen LogP contribution in [-0.2, 0) is 24.2 Å². The monoisotopic (exact) mass is 280 g/mol. The molecule has 0 aliphatic carbocycles. The highest BCUT2D eigenvalue weighted by Gasteiger charge is 2.15. The average Bonchev–Trinajstić information content (AvgIpc) is 2.25. The van der Waals surface area contributed by atoms with Crippen LogP contribution in [0.1, 0.15) is 19.8 Å². The number of carbonyl (C=O) groups excluding carboxylic acids is 2. The number of ether oxygens (including phenoxy) is 1. The second-order valence-corrected chi connectivity index (χ2v) is 6.13. The van der Waals surface area contributed by atoms with Crippen LogP contribution in [0.5, 0.6) is 0 Å². The van der Waals surface area contributed by atoms with Gasteiger partial charge in [-0.1, -0.05) is 0 Å². The van der Waals surface area contributed by atoms with E-state index in [4.69, 9.17) is 5.73 Å². The normalized spacial score (nSPS) is 12.8. The van der Waals surface area contributed by atoms with Crippen LogP contribution in [-0.4, -0.2) is 51.5 Å². The SMILES string of the molecule is CCOC(=O)CCNC(=O)C(N)CCS(C)(=O)=O. The zero-order valence-electron chi connectivity index (χ0n) is 10.6. The van der Waals surface area contributed by atoms with E-state index in [9.17, 15) is 18.0 Å². The second kappa shape index (κ2) is 8.04. The van der Waals surface area contributed by atoms with Gasteiger partial charge in [-0.05, 0) is 13.3 Å². The number of hydrogen-bond donors (Lipinski definition) is 2. The largest absolute Gasteiger partial charge is 0.466 e. The maximum absolute atomic E-state index is 11.4. The van der Waals surface area contributed by atoms with E-state index in [2.05, 4.69) is 10.1 Å². The lowest BCUT2D eigenvalue weighted by atomic mass is 10.2. The first-order chi connectivity index (χ1) is 8.26. The van der Waals surface area contributed by atoms with Crippen LogP contribution in [0.3, 0.4) is 0 Å². The lowest BCUT2D eigenvalue weighted by Gasteiger charge is -2.11. The second-order valence-electron chi connectivity index (χ2n) is 3.87. The number of amides is 1. The van der Waals surface area contributed by atoms with Crippen molar-refractivity contribution in [3.8, 4) is 0 Å². The van der Waals surface area contributed by atoms with Crippen molar-refractivity contribution in [3.05, 3.63) is 0 Å². The average molecular weight is 280 g/mol. The molecule has 0 rings (SSSR count). The predicted molar refractivity (Wildman–Crippen MR) is 66.6 cm³/mol. The summed E-state index contributed by atoms with van der Waals surface area (Å²) in [4.78, 5) is 22.4. The number of sulfone groups is 1. The van der Waals surface area contributed by atoms with Gasteiger partial charge in [-0.15, -0.1) is 0 Å². The molecule has 7 nitrogen and oxygen atoms in total. The van der Waals surface area contributed by atoms with E-state index in [1.54, 1.807) is 6.92 Å². The van der Waals surface area contributed by atoms with Crippen molar-refractivity contribution in [3.63, 3.8) is 0 Å². The van der Waals surface area contributed by atoms with Crippen LogP contribution >= 0.6 is 0 Å². The standard InChI is InChI=1S/C10H20N2O5S/c1-3-17-9(13)4-6-12-10(14)8(11)5-7-18(2,15)16/h8H,3-7,11H2,1-2H3,(H,12,14). The molecule has 8 heteroatoms. The van der Waals surface area contributed by atoms with E-state index < -0.39 is 27.8 Å². The first kappa shape index (κ1) is 16.9. The zero-order chi connectivity index (χ0) is 14.2. The molecule has 18 heavy (non-hydrogen) atoms. The van der Waals surface area contributed by atoms with Crippen molar-refractivity contribution >= 4 is 21.7 Å². The van der Waals surface area contributed by atoms with Crippen molar-refractivity contribution in [2.45, 2.75) is 25.8 Å². The molecule has 0 bridgehead atoms. The number of nitrogens with two attached hydrogens (primary N) is 1. The van der Waals surface area contributed by atoms with Gasteiger partial charge in [-0.2, -0.15) is 0 Å². The van der Waals surface area contributed by atoms with Crippen LogP contribution in [0.2, 0.25) is 0 Å². The van der Waals surface area contributed by atoms with Crippen LogP contribution in [0.25, 0.3) is 0 Å². The van der Waals surface area contributed by atoms with Gasteiger partial charge in [0.2, 0.25) is 5.91 Å². The van der Waals surface area contributed by atoms with Crippen molar-refractivity contribution in [1.82, 2.24) is 5.32 Å². The Bertz CT molecular complexity index is 380. The minimum Gasteiger partial charge on any atom is -0.466 e. The van der Waals surface area contributed by atoms with Crippen molar-refractivity contribution < 1.29 is 22.7 Å². The van der Waals surface area contributed by atoms with Gasteiger partial charge < -0.3 is 15.8 Å². The Morgan fingerprint density at radius 2 is 2.00 bits per heavy atom. The molecule has 0 heterocycles. The van der Waals surface area contributed by atoms with E-state index >= 15 is 0 Å². The molecule has 0 aromatic carbocycles. The van der Waals surface area contributed by atoms with E-state index in [1.165, 1.54) is 0 Å². The molecule has 0 radical (unpaired) electrons. The number of rotatable bonds is 8. The molecule has 0 saturated carbocycles. The maximum Gasteiger partial charge on any atom is 0.307 e. The molecule has 0 aromatic heterocycles. The zero-order valence-corrected chi connectivity index (χ0v) is 11.5. The van der Waals surface area contributed by atoms with Gasteiger partial charge in [0.1, 0.15) is 9.84 Å². The van der Waals surface area contributed by atoms with Crippen LogP contribution < -0.4 is 11.1 Å². The number of carbonyl (C=O) groups is 2. The number of nitrogens with one attached hydrogen (secondary N) is 1. The highest BCUT2D eigenvalue weighted by Crippen LogP contribution is 1.94. The van der Waals surface area contributed by atoms with Gasteiger partial charge in [-0.25, -0.2) is 8.42 Å². The summed E-state index contributed by atoms with van der Waals surface area (Å²) in [5.41, 5.74) is 5.51. The summed E-state index contributed by atoms with van der Waals surface area (Å²) < 4.78 is 26.4. The molecule has 3 N–H and O–H groups in total. The summed E-state index contributed by atoms with van der Waals surface area (Å²) in [5, 5.41) is 2.45. The molecular weight excluding hydrogens is 260 g/mol. The third-order valence-electron chi connectivity index (χ3n) is 2.07. The molecule has 106 valence electrons. The molecule has 0 aromatic rings. The molecule has 0 saturated heterocycles. The van der Waals surface area contributed by atoms with Crippen molar-refractivity contribution in [2.24, 2.45) is 5.73 Å². The molecule has 0 fully saturated rings. The molecule has 1 atom stereocenters.